The monoisotopic (exact) mass is 296 g/mol. The van der Waals surface area contributed by atoms with Crippen molar-refractivity contribution >= 4 is 23.2 Å². The molecule has 1 heterocycles. The highest BCUT2D eigenvalue weighted by atomic mass is 32.1. The van der Waals surface area contributed by atoms with Crippen molar-refractivity contribution in [3.05, 3.63) is 16.1 Å². The lowest BCUT2D eigenvalue weighted by Crippen LogP contribution is -2.30. The number of amides is 1. The molecule has 1 fully saturated rings. The van der Waals surface area contributed by atoms with E-state index >= 15 is 0 Å². The van der Waals surface area contributed by atoms with E-state index in [0.717, 1.165) is 24.2 Å². The van der Waals surface area contributed by atoms with E-state index in [1.807, 2.05) is 0 Å². The summed E-state index contributed by atoms with van der Waals surface area (Å²) in [7, 11) is 0. The maximum Gasteiger partial charge on any atom is 0.367 e. The highest BCUT2D eigenvalue weighted by molar-refractivity contribution is 7.11. The van der Waals surface area contributed by atoms with Crippen molar-refractivity contribution in [1.29, 1.82) is 0 Å². The summed E-state index contributed by atoms with van der Waals surface area (Å²) < 4.78 is 4.85. The van der Waals surface area contributed by atoms with E-state index in [-0.39, 0.29) is 10.9 Å². The van der Waals surface area contributed by atoms with Crippen LogP contribution in [0.4, 0.5) is 0 Å². The zero-order valence-electron chi connectivity index (χ0n) is 11.9. The lowest BCUT2D eigenvalue weighted by Gasteiger charge is -2.14. The molecule has 2 rings (SSSR count). The molecule has 0 unspecified atom stereocenters. The van der Waals surface area contributed by atoms with Gasteiger partial charge in [0.1, 0.15) is 5.69 Å². The normalized spacial score (nSPS) is 15.7. The smallest absolute Gasteiger partial charge is 0.367 e. The van der Waals surface area contributed by atoms with Gasteiger partial charge < -0.3 is 10.1 Å². The summed E-state index contributed by atoms with van der Waals surface area (Å²) in [5.41, 5.74) is 0.607. The van der Waals surface area contributed by atoms with Crippen molar-refractivity contribution < 1.29 is 14.3 Å². The second kappa shape index (κ2) is 6.35. The maximum atomic E-state index is 12.0. The van der Waals surface area contributed by atoms with Gasteiger partial charge in [-0.1, -0.05) is 13.3 Å². The Hall–Kier alpha value is -1.43. The Balaban J connectivity index is 1.88. The van der Waals surface area contributed by atoms with E-state index in [1.54, 1.807) is 12.3 Å². The fraction of sp³-hybridized carbons (Fsp3) is 0.643. The third-order valence-electron chi connectivity index (χ3n) is 3.55. The van der Waals surface area contributed by atoms with Gasteiger partial charge in [0.2, 0.25) is 5.01 Å². The number of esters is 1. The van der Waals surface area contributed by atoms with E-state index < -0.39 is 5.97 Å². The summed E-state index contributed by atoms with van der Waals surface area (Å²) in [6.45, 7) is 4.90. The predicted molar refractivity (Wildman–Crippen MR) is 77.0 cm³/mol. The van der Waals surface area contributed by atoms with Crippen molar-refractivity contribution in [2.45, 2.75) is 39.5 Å². The van der Waals surface area contributed by atoms with E-state index in [9.17, 15) is 9.59 Å². The Labute approximate surface area is 122 Å². The summed E-state index contributed by atoms with van der Waals surface area (Å²) in [6.07, 6.45) is 4.66. The fourth-order valence-electron chi connectivity index (χ4n) is 2.25. The standard InChI is InChI=1S/C14H20N2O3S/c1-3-5-14(6-7-14)9-15-11(17)10-8-20-12(16-10)13(18)19-4-2/h8H,3-7,9H2,1-2H3,(H,15,17). The van der Waals surface area contributed by atoms with Crippen molar-refractivity contribution in [1.82, 2.24) is 10.3 Å². The Morgan fingerprint density at radius 2 is 2.20 bits per heavy atom. The fourth-order valence-corrected chi connectivity index (χ4v) is 2.93. The van der Waals surface area contributed by atoms with Crippen LogP contribution in [0.2, 0.25) is 0 Å². The molecule has 0 atom stereocenters. The van der Waals surface area contributed by atoms with E-state index in [0.29, 0.717) is 24.3 Å². The average Bonchev–Trinajstić information content (AvgIpc) is 3.02. The number of aromatic nitrogens is 1. The molecular weight excluding hydrogens is 276 g/mol. The Morgan fingerprint density at radius 3 is 2.80 bits per heavy atom. The minimum atomic E-state index is -0.471. The summed E-state index contributed by atoms with van der Waals surface area (Å²) in [5.74, 6) is -0.680. The molecule has 0 bridgehead atoms. The van der Waals surface area contributed by atoms with Crippen LogP contribution in [0.3, 0.4) is 0 Å². The van der Waals surface area contributed by atoms with Crippen molar-refractivity contribution in [3.63, 3.8) is 0 Å². The molecule has 1 N–H and O–H groups in total. The van der Waals surface area contributed by atoms with Crippen molar-refractivity contribution in [2.75, 3.05) is 13.2 Å². The largest absolute Gasteiger partial charge is 0.461 e. The van der Waals surface area contributed by atoms with Crippen LogP contribution in [0.1, 0.15) is 59.8 Å². The van der Waals surface area contributed by atoms with Gasteiger partial charge >= 0.3 is 5.97 Å². The van der Waals surface area contributed by atoms with Gasteiger partial charge in [-0.3, -0.25) is 4.79 Å². The van der Waals surface area contributed by atoms with Crippen LogP contribution >= 0.6 is 11.3 Å². The lowest BCUT2D eigenvalue weighted by molar-refractivity contribution is 0.0526. The summed E-state index contributed by atoms with van der Waals surface area (Å²) >= 11 is 1.14. The van der Waals surface area contributed by atoms with Crippen LogP contribution in [-0.2, 0) is 4.74 Å². The average molecular weight is 296 g/mol. The molecule has 110 valence electrons. The number of rotatable bonds is 7. The Bertz CT molecular complexity index is 494. The van der Waals surface area contributed by atoms with Gasteiger partial charge in [-0.05, 0) is 31.6 Å². The zero-order valence-corrected chi connectivity index (χ0v) is 12.7. The number of carbonyl (C=O) groups is 2. The van der Waals surface area contributed by atoms with Crippen LogP contribution in [0.15, 0.2) is 5.38 Å². The van der Waals surface area contributed by atoms with Gasteiger partial charge in [0.15, 0.2) is 0 Å². The Morgan fingerprint density at radius 1 is 1.45 bits per heavy atom. The number of carbonyl (C=O) groups excluding carboxylic acids is 2. The molecule has 1 amide bonds. The van der Waals surface area contributed by atoms with E-state index in [1.165, 1.54) is 12.8 Å². The van der Waals surface area contributed by atoms with Gasteiger partial charge in [-0.25, -0.2) is 9.78 Å². The minimum Gasteiger partial charge on any atom is -0.461 e. The molecule has 0 spiro atoms. The summed E-state index contributed by atoms with van der Waals surface area (Å²) in [4.78, 5) is 27.5. The van der Waals surface area contributed by atoms with Gasteiger partial charge in [0.05, 0.1) is 6.61 Å². The molecule has 1 saturated carbocycles. The molecule has 20 heavy (non-hydrogen) atoms. The van der Waals surface area contributed by atoms with Crippen LogP contribution in [-0.4, -0.2) is 30.0 Å². The molecule has 1 aliphatic rings. The zero-order chi connectivity index (χ0) is 14.6. The van der Waals surface area contributed by atoms with Crippen molar-refractivity contribution in [2.24, 2.45) is 5.41 Å². The molecule has 0 radical (unpaired) electrons. The Kier molecular flexibility index (Phi) is 4.75. The molecular formula is C14H20N2O3S. The van der Waals surface area contributed by atoms with Crippen LogP contribution < -0.4 is 5.32 Å². The molecule has 5 nitrogen and oxygen atoms in total. The third kappa shape index (κ3) is 3.56. The second-order valence-electron chi connectivity index (χ2n) is 5.19. The first-order valence-corrected chi connectivity index (χ1v) is 7.89. The van der Waals surface area contributed by atoms with Gasteiger partial charge in [-0.2, -0.15) is 0 Å². The second-order valence-corrected chi connectivity index (χ2v) is 6.05. The number of hydrogen-bond donors (Lipinski definition) is 1. The molecule has 0 aromatic carbocycles. The minimum absolute atomic E-state index is 0.209. The predicted octanol–water partition coefficient (Wildman–Crippen LogP) is 2.63. The summed E-state index contributed by atoms with van der Waals surface area (Å²) in [5, 5.41) is 4.75. The van der Waals surface area contributed by atoms with E-state index in [2.05, 4.69) is 17.2 Å². The highest BCUT2D eigenvalue weighted by Gasteiger charge is 2.41. The van der Waals surface area contributed by atoms with Gasteiger partial charge in [-0.15, -0.1) is 11.3 Å². The number of nitrogens with one attached hydrogen (secondary N) is 1. The lowest BCUT2D eigenvalue weighted by atomic mass is 10.0. The summed E-state index contributed by atoms with van der Waals surface area (Å²) in [6, 6.07) is 0. The van der Waals surface area contributed by atoms with E-state index in [4.69, 9.17) is 4.74 Å². The SMILES string of the molecule is CCCC1(CNC(=O)c2csc(C(=O)OCC)n2)CC1. The molecule has 0 saturated heterocycles. The van der Waals surface area contributed by atoms with Gasteiger partial charge in [0.25, 0.3) is 5.91 Å². The first-order valence-electron chi connectivity index (χ1n) is 7.01. The maximum absolute atomic E-state index is 12.0. The number of thiazole rings is 1. The quantitative estimate of drug-likeness (QED) is 0.785. The number of ether oxygens (including phenoxy) is 1. The highest BCUT2D eigenvalue weighted by Crippen LogP contribution is 2.48. The first-order chi connectivity index (χ1) is 9.60. The molecule has 1 aromatic rings. The van der Waals surface area contributed by atoms with Gasteiger partial charge in [0, 0.05) is 11.9 Å². The number of nitrogens with zero attached hydrogens (tertiary/aromatic N) is 1. The molecule has 1 aliphatic carbocycles. The molecule has 6 heteroatoms. The van der Waals surface area contributed by atoms with Crippen LogP contribution in [0.25, 0.3) is 0 Å². The molecule has 0 aliphatic heterocycles. The van der Waals surface area contributed by atoms with Crippen LogP contribution in [0.5, 0.6) is 0 Å². The van der Waals surface area contributed by atoms with Crippen molar-refractivity contribution in [3.8, 4) is 0 Å². The topological polar surface area (TPSA) is 68.3 Å². The molecule has 1 aromatic heterocycles. The third-order valence-corrected chi connectivity index (χ3v) is 4.37. The van der Waals surface area contributed by atoms with Crippen LogP contribution in [0, 0.1) is 5.41 Å². The number of hydrogen-bond acceptors (Lipinski definition) is 5. The first kappa shape index (κ1) is 15.0.